The SMILES string of the molecule is CCCCC(CC)C(NC)C(CC)COC(N)=O. The third kappa shape index (κ3) is 6.24. The molecule has 3 unspecified atom stereocenters. The van der Waals surface area contributed by atoms with Crippen molar-refractivity contribution < 1.29 is 9.53 Å². The van der Waals surface area contributed by atoms with E-state index in [9.17, 15) is 4.79 Å². The van der Waals surface area contributed by atoms with Gasteiger partial charge in [-0.2, -0.15) is 0 Å². The predicted molar refractivity (Wildman–Crippen MR) is 75.5 cm³/mol. The van der Waals surface area contributed by atoms with Gasteiger partial charge in [0.1, 0.15) is 0 Å². The molecule has 108 valence electrons. The van der Waals surface area contributed by atoms with Gasteiger partial charge in [-0.3, -0.25) is 0 Å². The molecule has 0 aromatic heterocycles. The molecule has 0 saturated heterocycles. The molecule has 0 fully saturated rings. The van der Waals surface area contributed by atoms with Gasteiger partial charge in [-0.05, 0) is 25.8 Å². The van der Waals surface area contributed by atoms with Gasteiger partial charge < -0.3 is 15.8 Å². The fourth-order valence-electron chi connectivity index (χ4n) is 2.62. The van der Waals surface area contributed by atoms with Gasteiger partial charge in [0.25, 0.3) is 0 Å². The molecule has 0 spiro atoms. The number of unbranched alkanes of at least 4 members (excludes halogenated alkanes) is 1. The zero-order valence-electron chi connectivity index (χ0n) is 12.4. The molecule has 0 aliphatic rings. The largest absolute Gasteiger partial charge is 0.449 e. The van der Waals surface area contributed by atoms with Gasteiger partial charge in [0.05, 0.1) is 6.61 Å². The number of hydrogen-bond donors (Lipinski definition) is 2. The van der Waals surface area contributed by atoms with Gasteiger partial charge >= 0.3 is 6.09 Å². The average Bonchev–Trinajstić information content (AvgIpc) is 2.36. The van der Waals surface area contributed by atoms with Crippen molar-refractivity contribution in [1.29, 1.82) is 0 Å². The number of primary amides is 1. The first-order chi connectivity index (χ1) is 8.60. The molecule has 0 bridgehead atoms. The summed E-state index contributed by atoms with van der Waals surface area (Å²) < 4.78 is 4.98. The van der Waals surface area contributed by atoms with Gasteiger partial charge in [-0.25, -0.2) is 4.79 Å². The van der Waals surface area contributed by atoms with Gasteiger partial charge in [0.2, 0.25) is 0 Å². The lowest BCUT2D eigenvalue weighted by Gasteiger charge is -2.32. The number of carbonyl (C=O) groups is 1. The van der Waals surface area contributed by atoms with E-state index in [0.717, 1.165) is 12.8 Å². The normalized spacial score (nSPS) is 16.0. The molecule has 0 heterocycles. The van der Waals surface area contributed by atoms with Gasteiger partial charge in [-0.15, -0.1) is 0 Å². The van der Waals surface area contributed by atoms with Crippen molar-refractivity contribution in [3.63, 3.8) is 0 Å². The second kappa shape index (κ2) is 10.2. The Bertz CT molecular complexity index is 222. The van der Waals surface area contributed by atoms with Crippen LogP contribution >= 0.6 is 0 Å². The van der Waals surface area contributed by atoms with Crippen LogP contribution in [0.4, 0.5) is 4.79 Å². The molecule has 0 rings (SSSR count). The third-order valence-electron chi connectivity index (χ3n) is 3.77. The average molecular weight is 258 g/mol. The number of ether oxygens (including phenoxy) is 1. The molecule has 4 heteroatoms. The van der Waals surface area contributed by atoms with Crippen molar-refractivity contribution in [3.05, 3.63) is 0 Å². The number of rotatable bonds is 10. The zero-order valence-corrected chi connectivity index (χ0v) is 12.4. The quantitative estimate of drug-likeness (QED) is 0.633. The Hall–Kier alpha value is -0.770. The van der Waals surface area contributed by atoms with Gasteiger partial charge in [-0.1, -0.05) is 40.0 Å². The number of carbonyl (C=O) groups excluding carboxylic acids is 1. The lowest BCUT2D eigenvalue weighted by atomic mass is 9.82. The van der Waals surface area contributed by atoms with E-state index in [1.807, 2.05) is 7.05 Å². The van der Waals surface area contributed by atoms with Crippen molar-refractivity contribution in [3.8, 4) is 0 Å². The number of nitrogens with one attached hydrogen (secondary N) is 1. The maximum Gasteiger partial charge on any atom is 0.404 e. The van der Waals surface area contributed by atoms with Gasteiger partial charge in [0, 0.05) is 12.0 Å². The lowest BCUT2D eigenvalue weighted by Crippen LogP contribution is -2.42. The summed E-state index contributed by atoms with van der Waals surface area (Å²) in [6.45, 7) is 6.99. The Morgan fingerprint density at radius 3 is 2.22 bits per heavy atom. The molecular formula is C14H30N2O2. The topological polar surface area (TPSA) is 64.3 Å². The van der Waals surface area contributed by atoms with E-state index >= 15 is 0 Å². The van der Waals surface area contributed by atoms with Crippen LogP contribution in [-0.4, -0.2) is 25.8 Å². The maximum atomic E-state index is 10.7. The van der Waals surface area contributed by atoms with Crippen molar-refractivity contribution in [2.24, 2.45) is 17.6 Å². The van der Waals surface area contributed by atoms with Crippen LogP contribution in [0.25, 0.3) is 0 Å². The highest BCUT2D eigenvalue weighted by Gasteiger charge is 2.26. The Kier molecular flexibility index (Phi) is 9.74. The van der Waals surface area contributed by atoms with E-state index in [1.165, 1.54) is 19.3 Å². The van der Waals surface area contributed by atoms with Crippen LogP contribution in [0.1, 0.15) is 52.9 Å². The molecule has 0 aromatic rings. The van der Waals surface area contributed by atoms with Crippen molar-refractivity contribution in [1.82, 2.24) is 5.32 Å². The van der Waals surface area contributed by atoms with Crippen LogP contribution in [0, 0.1) is 11.8 Å². The highest BCUT2D eigenvalue weighted by atomic mass is 16.5. The molecule has 3 N–H and O–H groups in total. The van der Waals surface area contributed by atoms with Crippen molar-refractivity contribution in [2.75, 3.05) is 13.7 Å². The maximum absolute atomic E-state index is 10.7. The molecule has 0 aromatic carbocycles. The monoisotopic (exact) mass is 258 g/mol. The molecule has 0 radical (unpaired) electrons. The Labute approximate surface area is 112 Å². The van der Waals surface area contributed by atoms with E-state index in [2.05, 4.69) is 26.1 Å². The number of amides is 1. The molecular weight excluding hydrogens is 228 g/mol. The Balaban J connectivity index is 4.49. The van der Waals surface area contributed by atoms with Crippen LogP contribution in [-0.2, 0) is 4.74 Å². The summed E-state index contributed by atoms with van der Waals surface area (Å²) >= 11 is 0. The lowest BCUT2D eigenvalue weighted by molar-refractivity contribution is 0.109. The number of nitrogens with two attached hydrogens (primary N) is 1. The zero-order chi connectivity index (χ0) is 14.0. The summed E-state index contributed by atoms with van der Waals surface area (Å²) in [6.07, 6.45) is 5.17. The van der Waals surface area contributed by atoms with E-state index in [1.54, 1.807) is 0 Å². The molecule has 1 amide bonds. The minimum atomic E-state index is -0.676. The fraction of sp³-hybridized carbons (Fsp3) is 0.929. The van der Waals surface area contributed by atoms with Crippen LogP contribution in [0.3, 0.4) is 0 Å². The molecule has 0 aliphatic carbocycles. The van der Waals surface area contributed by atoms with E-state index < -0.39 is 6.09 Å². The standard InChI is InChI=1S/C14H30N2O2/c1-5-8-9-11(6-2)13(16-4)12(7-3)10-18-14(15)17/h11-13,16H,5-10H2,1-4H3,(H2,15,17). The van der Waals surface area contributed by atoms with Crippen LogP contribution in [0.5, 0.6) is 0 Å². The first kappa shape index (κ1) is 17.2. The Morgan fingerprint density at radius 1 is 1.22 bits per heavy atom. The molecule has 0 aliphatic heterocycles. The summed E-state index contributed by atoms with van der Waals surface area (Å²) in [4.78, 5) is 10.7. The third-order valence-corrected chi connectivity index (χ3v) is 3.77. The van der Waals surface area contributed by atoms with Gasteiger partial charge in [0.15, 0.2) is 0 Å². The van der Waals surface area contributed by atoms with Crippen molar-refractivity contribution >= 4 is 6.09 Å². The number of hydrogen-bond acceptors (Lipinski definition) is 3. The van der Waals surface area contributed by atoms with E-state index in [0.29, 0.717) is 24.5 Å². The summed E-state index contributed by atoms with van der Waals surface area (Å²) in [5.74, 6) is 0.973. The van der Waals surface area contributed by atoms with Crippen LogP contribution in [0.2, 0.25) is 0 Å². The molecule has 0 saturated carbocycles. The summed E-state index contributed by atoms with van der Waals surface area (Å²) in [5, 5.41) is 3.40. The minimum Gasteiger partial charge on any atom is -0.449 e. The van der Waals surface area contributed by atoms with Crippen LogP contribution < -0.4 is 11.1 Å². The summed E-state index contributed by atoms with van der Waals surface area (Å²) in [6, 6.07) is 0.394. The summed E-state index contributed by atoms with van der Waals surface area (Å²) in [5.41, 5.74) is 5.04. The Morgan fingerprint density at radius 2 is 1.83 bits per heavy atom. The van der Waals surface area contributed by atoms with E-state index in [-0.39, 0.29) is 0 Å². The molecule has 3 atom stereocenters. The van der Waals surface area contributed by atoms with Crippen molar-refractivity contribution in [2.45, 2.75) is 58.9 Å². The smallest absolute Gasteiger partial charge is 0.404 e. The first-order valence-electron chi connectivity index (χ1n) is 7.20. The minimum absolute atomic E-state index is 0.337. The van der Waals surface area contributed by atoms with E-state index in [4.69, 9.17) is 10.5 Å². The fourth-order valence-corrected chi connectivity index (χ4v) is 2.62. The molecule has 18 heavy (non-hydrogen) atoms. The highest BCUT2D eigenvalue weighted by Crippen LogP contribution is 2.24. The van der Waals surface area contributed by atoms with Crippen LogP contribution in [0.15, 0.2) is 0 Å². The highest BCUT2D eigenvalue weighted by molar-refractivity contribution is 5.64. The summed E-state index contributed by atoms with van der Waals surface area (Å²) in [7, 11) is 1.99. The first-order valence-corrected chi connectivity index (χ1v) is 7.20. The second-order valence-electron chi connectivity index (χ2n) is 4.92. The second-order valence-corrected chi connectivity index (χ2v) is 4.92. The predicted octanol–water partition coefficient (Wildman–Crippen LogP) is 2.91. The molecule has 4 nitrogen and oxygen atoms in total.